The molecule has 54 valence electrons. The maximum Gasteiger partial charge on any atom is 0.0757 e. The van der Waals surface area contributed by atoms with Gasteiger partial charge in [0.05, 0.1) is 18.2 Å². The van der Waals surface area contributed by atoms with Crippen LogP contribution in [0.4, 0.5) is 0 Å². The normalized spacial score (nSPS) is 16.0. The van der Waals surface area contributed by atoms with E-state index >= 15 is 0 Å². The molecule has 5 heteroatoms. The standard InChI is InChI=1S/C4H9N.NO3/c1-2-4-5-3-1;2-1(3)4/h5H,1-4H2;/q;-1/p+1. The molecule has 0 amide bonds. The predicted molar refractivity (Wildman–Crippen MR) is 31.3 cm³/mol. The maximum atomic E-state index is 8.25. The van der Waals surface area contributed by atoms with Crippen LogP contribution in [0.2, 0.25) is 0 Å². The molecule has 1 rings (SSSR count). The van der Waals surface area contributed by atoms with Crippen molar-refractivity contribution in [2.45, 2.75) is 12.8 Å². The van der Waals surface area contributed by atoms with E-state index in [9.17, 15) is 0 Å². The summed E-state index contributed by atoms with van der Waals surface area (Å²) in [6.45, 7) is 2.75. The SMILES string of the molecule is C1CC[NH2+]C1.O=[N+]([O-])[O-]. The van der Waals surface area contributed by atoms with E-state index in [-0.39, 0.29) is 0 Å². The third-order valence-electron chi connectivity index (χ3n) is 1.07. The molecule has 5 nitrogen and oxygen atoms in total. The Morgan fingerprint density at radius 3 is 1.67 bits per heavy atom. The molecule has 1 heterocycles. The lowest BCUT2D eigenvalue weighted by molar-refractivity contribution is -0.635. The Hall–Kier alpha value is -0.840. The molecule has 0 unspecified atom stereocenters. The van der Waals surface area contributed by atoms with Crippen LogP contribution >= 0.6 is 0 Å². The predicted octanol–water partition coefficient (Wildman–Crippen LogP) is -0.895. The first kappa shape index (κ1) is 8.16. The Bertz CT molecular complexity index is 70.3. The number of nitrogens with two attached hydrogens (primary N) is 1. The van der Waals surface area contributed by atoms with Crippen LogP contribution in [0.15, 0.2) is 0 Å². The summed E-state index contributed by atoms with van der Waals surface area (Å²) in [5, 5.41) is 17.1. The fraction of sp³-hybridized carbons (Fsp3) is 1.00. The molecular formula is C4H10N2O3. The minimum absolute atomic E-state index is 1.38. The molecule has 0 aromatic heterocycles. The molecule has 1 aliphatic rings. The Labute approximate surface area is 52.8 Å². The van der Waals surface area contributed by atoms with Crippen molar-refractivity contribution in [1.29, 1.82) is 0 Å². The average Bonchev–Trinajstić information content (AvgIpc) is 2.11. The molecule has 2 N–H and O–H groups in total. The smallest absolute Gasteiger partial charge is 0.0757 e. The van der Waals surface area contributed by atoms with Gasteiger partial charge in [0.2, 0.25) is 0 Å². The zero-order valence-corrected chi connectivity index (χ0v) is 5.08. The summed E-state index contributed by atoms with van der Waals surface area (Å²) in [4.78, 5) is 8.25. The number of quaternary nitrogens is 1. The van der Waals surface area contributed by atoms with E-state index < -0.39 is 5.09 Å². The molecule has 0 spiro atoms. The van der Waals surface area contributed by atoms with E-state index in [0.717, 1.165) is 0 Å². The van der Waals surface area contributed by atoms with Crippen molar-refractivity contribution in [2.24, 2.45) is 0 Å². The van der Waals surface area contributed by atoms with E-state index in [1.807, 2.05) is 0 Å². The van der Waals surface area contributed by atoms with Gasteiger partial charge >= 0.3 is 0 Å². The highest BCUT2D eigenvalue weighted by Gasteiger charge is 1.97. The summed E-state index contributed by atoms with van der Waals surface area (Å²) >= 11 is 0. The highest BCUT2D eigenvalue weighted by atomic mass is 16.9. The van der Waals surface area contributed by atoms with Gasteiger partial charge in [-0.2, -0.15) is 0 Å². The lowest BCUT2D eigenvalue weighted by atomic mass is 10.4. The second-order valence-electron chi connectivity index (χ2n) is 1.80. The molecule has 1 saturated heterocycles. The number of nitrogens with zero attached hydrogens (tertiary/aromatic N) is 1. The van der Waals surface area contributed by atoms with Crippen molar-refractivity contribution < 1.29 is 10.4 Å². The van der Waals surface area contributed by atoms with Gasteiger partial charge in [-0.05, 0) is 0 Å². The third kappa shape index (κ3) is 11.0. The van der Waals surface area contributed by atoms with Gasteiger partial charge in [-0.25, -0.2) is 0 Å². The quantitative estimate of drug-likeness (QED) is 0.344. The first-order valence-electron chi connectivity index (χ1n) is 2.86. The van der Waals surface area contributed by atoms with Crippen LogP contribution < -0.4 is 5.32 Å². The third-order valence-corrected chi connectivity index (χ3v) is 1.07. The van der Waals surface area contributed by atoms with Crippen molar-refractivity contribution in [2.75, 3.05) is 13.1 Å². The van der Waals surface area contributed by atoms with Crippen LogP contribution in [0.5, 0.6) is 0 Å². The molecule has 0 radical (unpaired) electrons. The molecule has 0 saturated carbocycles. The topological polar surface area (TPSA) is 82.8 Å². The molecule has 0 bridgehead atoms. The number of hydrogen-bond donors (Lipinski definition) is 1. The molecule has 1 fully saturated rings. The summed E-state index contributed by atoms with van der Waals surface area (Å²) < 4.78 is 0. The fourth-order valence-corrected chi connectivity index (χ4v) is 0.722. The maximum absolute atomic E-state index is 8.25. The van der Waals surface area contributed by atoms with Crippen LogP contribution in [-0.4, -0.2) is 18.2 Å². The molecule has 0 aliphatic carbocycles. The Morgan fingerprint density at radius 1 is 1.22 bits per heavy atom. The molecule has 0 atom stereocenters. The molecule has 0 aromatic carbocycles. The highest BCUT2D eigenvalue weighted by Crippen LogP contribution is 1.82. The van der Waals surface area contributed by atoms with Crippen molar-refractivity contribution >= 4 is 0 Å². The Balaban J connectivity index is 0.000000148. The summed E-state index contributed by atoms with van der Waals surface area (Å²) in [5.41, 5.74) is 0. The van der Waals surface area contributed by atoms with Gasteiger partial charge in [-0.3, -0.25) is 0 Å². The van der Waals surface area contributed by atoms with Gasteiger partial charge in [0, 0.05) is 12.8 Å². The van der Waals surface area contributed by atoms with Crippen LogP contribution in [-0.2, 0) is 0 Å². The van der Waals surface area contributed by atoms with Gasteiger partial charge in [0.1, 0.15) is 0 Å². The first-order chi connectivity index (χ1) is 4.23. The summed E-state index contributed by atoms with van der Waals surface area (Å²) in [7, 11) is 0. The van der Waals surface area contributed by atoms with Gasteiger partial charge in [0.15, 0.2) is 0 Å². The molecule has 0 aromatic rings. The van der Waals surface area contributed by atoms with Crippen LogP contribution in [0.25, 0.3) is 0 Å². The van der Waals surface area contributed by atoms with E-state index in [2.05, 4.69) is 5.32 Å². The van der Waals surface area contributed by atoms with Gasteiger partial charge < -0.3 is 20.6 Å². The Kier molecular flexibility index (Phi) is 4.81. The largest absolute Gasteiger partial charge is 0.356 e. The van der Waals surface area contributed by atoms with E-state index in [4.69, 9.17) is 15.3 Å². The Morgan fingerprint density at radius 2 is 1.56 bits per heavy atom. The van der Waals surface area contributed by atoms with Crippen molar-refractivity contribution in [1.82, 2.24) is 0 Å². The second-order valence-corrected chi connectivity index (χ2v) is 1.80. The number of rotatable bonds is 0. The minimum Gasteiger partial charge on any atom is -0.356 e. The van der Waals surface area contributed by atoms with Crippen molar-refractivity contribution in [3.05, 3.63) is 15.3 Å². The van der Waals surface area contributed by atoms with Gasteiger partial charge in [-0.15, -0.1) is 0 Å². The average molecular weight is 134 g/mol. The van der Waals surface area contributed by atoms with E-state index in [1.165, 1.54) is 25.9 Å². The molecule has 9 heavy (non-hydrogen) atoms. The zero-order valence-electron chi connectivity index (χ0n) is 5.08. The van der Waals surface area contributed by atoms with Gasteiger partial charge in [0.25, 0.3) is 0 Å². The van der Waals surface area contributed by atoms with Crippen LogP contribution in [0.1, 0.15) is 12.8 Å². The van der Waals surface area contributed by atoms with E-state index in [0.29, 0.717) is 0 Å². The minimum atomic E-state index is -1.75. The van der Waals surface area contributed by atoms with Crippen LogP contribution in [0, 0.1) is 15.3 Å². The lowest BCUT2D eigenvalue weighted by Gasteiger charge is -1.74. The summed E-state index contributed by atoms with van der Waals surface area (Å²) in [5.74, 6) is 0. The second kappa shape index (κ2) is 5.30. The van der Waals surface area contributed by atoms with Crippen molar-refractivity contribution in [3.8, 4) is 0 Å². The fourth-order valence-electron chi connectivity index (χ4n) is 0.722. The summed E-state index contributed by atoms with van der Waals surface area (Å²) in [6, 6.07) is 0. The summed E-state index contributed by atoms with van der Waals surface area (Å²) in [6.07, 6.45) is 2.89. The first-order valence-corrected chi connectivity index (χ1v) is 2.86. The lowest BCUT2D eigenvalue weighted by Crippen LogP contribution is -2.80. The van der Waals surface area contributed by atoms with Gasteiger partial charge in [-0.1, -0.05) is 0 Å². The monoisotopic (exact) mass is 134 g/mol. The number of hydrogen-bond acceptors (Lipinski definition) is 3. The van der Waals surface area contributed by atoms with Crippen LogP contribution in [0.3, 0.4) is 0 Å². The molecular weight excluding hydrogens is 124 g/mol. The molecule has 1 aliphatic heterocycles. The zero-order chi connectivity index (χ0) is 7.11. The van der Waals surface area contributed by atoms with Crippen molar-refractivity contribution in [3.63, 3.8) is 0 Å². The van der Waals surface area contributed by atoms with E-state index in [1.54, 1.807) is 0 Å². The highest BCUT2D eigenvalue weighted by molar-refractivity contribution is 4.37.